The molecular formula is C16H20IrN3-. The first-order valence-corrected chi connectivity index (χ1v) is 6.72. The van der Waals surface area contributed by atoms with Crippen molar-refractivity contribution >= 4 is 0 Å². The SMILES string of the molecule is Cc1nc2n(c1C)C(C)(C)C(C)(C)c1ncc[c-]c1-2.[Ir]. The molecule has 109 valence electrons. The summed E-state index contributed by atoms with van der Waals surface area (Å²) in [6.45, 7) is 13.3. The van der Waals surface area contributed by atoms with Gasteiger partial charge in [0, 0.05) is 37.0 Å². The van der Waals surface area contributed by atoms with Crippen molar-refractivity contribution < 1.29 is 20.1 Å². The zero-order chi connectivity index (χ0) is 14.0. The summed E-state index contributed by atoms with van der Waals surface area (Å²) in [6, 6.07) is 5.21. The van der Waals surface area contributed by atoms with Crippen LogP contribution >= 0.6 is 0 Å². The van der Waals surface area contributed by atoms with Gasteiger partial charge >= 0.3 is 0 Å². The molecule has 0 aromatic carbocycles. The number of nitrogens with zero attached hydrogens (tertiary/aromatic N) is 3. The van der Waals surface area contributed by atoms with Crippen LogP contribution in [0.3, 0.4) is 0 Å². The van der Waals surface area contributed by atoms with E-state index in [4.69, 9.17) is 4.98 Å². The summed E-state index contributed by atoms with van der Waals surface area (Å²) in [5.74, 6) is 1.00. The largest absolute Gasteiger partial charge is 0.363 e. The Morgan fingerprint density at radius 2 is 1.80 bits per heavy atom. The number of pyridine rings is 1. The average Bonchev–Trinajstić information content (AvgIpc) is 2.65. The third kappa shape index (κ3) is 1.68. The Labute approximate surface area is 134 Å². The van der Waals surface area contributed by atoms with E-state index >= 15 is 0 Å². The Balaban J connectivity index is 0.00000147. The Morgan fingerprint density at radius 1 is 1.15 bits per heavy atom. The van der Waals surface area contributed by atoms with Gasteiger partial charge in [-0.25, -0.2) is 0 Å². The predicted octanol–water partition coefficient (Wildman–Crippen LogP) is 3.39. The number of imidazole rings is 1. The molecule has 0 amide bonds. The molecular weight excluding hydrogens is 426 g/mol. The van der Waals surface area contributed by atoms with Gasteiger partial charge in [0.25, 0.3) is 0 Å². The van der Waals surface area contributed by atoms with Crippen LogP contribution in [0, 0.1) is 19.9 Å². The molecule has 20 heavy (non-hydrogen) atoms. The molecule has 0 N–H and O–H groups in total. The van der Waals surface area contributed by atoms with E-state index in [1.807, 2.05) is 12.3 Å². The summed E-state index contributed by atoms with van der Waals surface area (Å²) >= 11 is 0. The van der Waals surface area contributed by atoms with Gasteiger partial charge in [0.15, 0.2) is 0 Å². The molecule has 0 saturated heterocycles. The van der Waals surface area contributed by atoms with Crippen molar-refractivity contribution in [3.8, 4) is 11.4 Å². The minimum Gasteiger partial charge on any atom is -0.363 e. The van der Waals surface area contributed by atoms with Crippen molar-refractivity contribution in [2.45, 2.75) is 52.5 Å². The molecule has 1 aliphatic heterocycles. The first-order chi connectivity index (χ1) is 8.78. The van der Waals surface area contributed by atoms with Crippen LogP contribution in [-0.4, -0.2) is 14.5 Å². The third-order valence-electron chi connectivity index (χ3n) is 4.99. The number of aryl methyl sites for hydroxylation is 1. The minimum absolute atomic E-state index is 0. The van der Waals surface area contributed by atoms with Gasteiger partial charge in [0.2, 0.25) is 0 Å². The molecule has 2 aromatic heterocycles. The molecule has 4 heteroatoms. The van der Waals surface area contributed by atoms with E-state index < -0.39 is 0 Å². The standard InChI is InChI=1S/C16H20N3.Ir/c1-10-11(2)19-14(18-10)12-8-7-9-17-13(12)15(3,4)16(19,5)6;/h7,9H,1-6H3;/q-1;. The molecule has 3 nitrogen and oxygen atoms in total. The summed E-state index contributed by atoms with van der Waals surface area (Å²) < 4.78 is 2.35. The van der Waals surface area contributed by atoms with E-state index in [9.17, 15) is 0 Å². The maximum Gasteiger partial charge on any atom is 0.0585 e. The predicted molar refractivity (Wildman–Crippen MR) is 76.1 cm³/mol. The first-order valence-electron chi connectivity index (χ1n) is 6.72. The summed E-state index contributed by atoms with van der Waals surface area (Å²) in [5.41, 5.74) is 4.33. The number of fused-ring (bicyclic) bond motifs is 3. The maximum atomic E-state index is 4.74. The quantitative estimate of drug-likeness (QED) is 0.581. The van der Waals surface area contributed by atoms with Crippen LogP contribution in [0.15, 0.2) is 12.3 Å². The molecule has 0 unspecified atom stereocenters. The molecule has 0 atom stereocenters. The molecule has 3 heterocycles. The average molecular weight is 447 g/mol. The van der Waals surface area contributed by atoms with Crippen LogP contribution in [0.25, 0.3) is 11.4 Å². The van der Waals surface area contributed by atoms with Gasteiger partial charge in [0.05, 0.1) is 5.82 Å². The van der Waals surface area contributed by atoms with Crippen molar-refractivity contribution in [3.63, 3.8) is 0 Å². The van der Waals surface area contributed by atoms with Gasteiger partial charge in [-0.15, -0.1) is 12.1 Å². The Bertz CT molecular complexity index is 668. The topological polar surface area (TPSA) is 30.7 Å². The van der Waals surface area contributed by atoms with Crippen LogP contribution < -0.4 is 0 Å². The third-order valence-corrected chi connectivity index (χ3v) is 4.99. The van der Waals surface area contributed by atoms with Crippen LogP contribution in [0.4, 0.5) is 0 Å². The Hall–Kier alpha value is -0.991. The van der Waals surface area contributed by atoms with Crippen LogP contribution in [0.2, 0.25) is 0 Å². The van der Waals surface area contributed by atoms with Crippen molar-refractivity contribution in [2.75, 3.05) is 0 Å². The molecule has 0 bridgehead atoms. The van der Waals surface area contributed by atoms with Gasteiger partial charge in [0.1, 0.15) is 0 Å². The maximum absolute atomic E-state index is 4.74. The zero-order valence-corrected chi connectivity index (χ0v) is 15.2. The second-order valence-electron chi connectivity index (χ2n) is 6.44. The van der Waals surface area contributed by atoms with Gasteiger partial charge in [-0.1, -0.05) is 25.6 Å². The van der Waals surface area contributed by atoms with Crippen molar-refractivity contribution in [1.82, 2.24) is 14.5 Å². The summed E-state index contributed by atoms with van der Waals surface area (Å²) in [7, 11) is 0. The fourth-order valence-electron chi connectivity index (χ4n) is 3.04. The molecule has 2 aromatic rings. The molecule has 0 fully saturated rings. The van der Waals surface area contributed by atoms with Crippen LogP contribution in [-0.2, 0) is 31.1 Å². The van der Waals surface area contributed by atoms with E-state index in [0.29, 0.717) is 0 Å². The first kappa shape index (κ1) is 15.4. The fourth-order valence-corrected chi connectivity index (χ4v) is 3.04. The summed E-state index contributed by atoms with van der Waals surface area (Å²) in [5, 5.41) is 0. The second kappa shape index (κ2) is 4.50. The second-order valence-corrected chi connectivity index (χ2v) is 6.44. The minimum atomic E-state index is -0.0666. The van der Waals surface area contributed by atoms with E-state index in [-0.39, 0.29) is 31.1 Å². The fraction of sp³-hybridized carbons (Fsp3) is 0.500. The van der Waals surface area contributed by atoms with Gasteiger partial charge in [-0.2, -0.15) is 0 Å². The zero-order valence-electron chi connectivity index (χ0n) is 12.8. The van der Waals surface area contributed by atoms with E-state index in [1.54, 1.807) is 0 Å². The van der Waals surface area contributed by atoms with E-state index in [0.717, 1.165) is 22.8 Å². The molecule has 0 saturated carbocycles. The molecule has 0 aliphatic carbocycles. The van der Waals surface area contributed by atoms with Crippen LogP contribution in [0.5, 0.6) is 0 Å². The molecule has 1 radical (unpaired) electrons. The van der Waals surface area contributed by atoms with Gasteiger partial charge in [-0.05, 0) is 38.8 Å². The van der Waals surface area contributed by atoms with Gasteiger partial charge < -0.3 is 9.55 Å². The van der Waals surface area contributed by atoms with Crippen molar-refractivity contribution in [2.24, 2.45) is 0 Å². The number of hydrogen-bond donors (Lipinski definition) is 0. The normalized spacial score (nSPS) is 17.9. The summed E-state index contributed by atoms with van der Waals surface area (Å²) in [4.78, 5) is 9.37. The smallest absolute Gasteiger partial charge is 0.0585 e. The van der Waals surface area contributed by atoms with E-state index in [1.165, 1.54) is 5.69 Å². The molecule has 1 aliphatic rings. The molecule has 3 rings (SSSR count). The van der Waals surface area contributed by atoms with E-state index in [2.05, 4.69) is 57.2 Å². The summed E-state index contributed by atoms with van der Waals surface area (Å²) in [6.07, 6.45) is 1.83. The Kier molecular flexibility index (Phi) is 3.47. The van der Waals surface area contributed by atoms with Crippen LogP contribution in [0.1, 0.15) is 44.8 Å². The van der Waals surface area contributed by atoms with Crippen molar-refractivity contribution in [3.05, 3.63) is 35.4 Å². The van der Waals surface area contributed by atoms with Gasteiger partial charge in [-0.3, -0.25) is 4.98 Å². The number of rotatable bonds is 0. The van der Waals surface area contributed by atoms with Crippen molar-refractivity contribution in [1.29, 1.82) is 0 Å². The Morgan fingerprint density at radius 3 is 2.45 bits per heavy atom. The number of aromatic nitrogens is 3. The molecule has 0 spiro atoms. The number of hydrogen-bond acceptors (Lipinski definition) is 2. The monoisotopic (exact) mass is 447 g/mol.